The molecule has 15 N–H and O–H groups in total. The third-order valence-electron chi connectivity index (χ3n) is 11.0. The fourth-order valence-corrected chi connectivity index (χ4v) is 11.5. The van der Waals surface area contributed by atoms with Crippen molar-refractivity contribution in [1.82, 2.24) is 30.2 Å². The van der Waals surface area contributed by atoms with Gasteiger partial charge in [0.15, 0.2) is 22.8 Å². The van der Waals surface area contributed by atoms with Gasteiger partial charge in [0.1, 0.15) is 48.1 Å². The highest BCUT2D eigenvalue weighted by Gasteiger charge is 2.50. The minimum absolute atomic E-state index is 0.00931. The number of ketones is 1. The summed E-state index contributed by atoms with van der Waals surface area (Å²) in [6.45, 7) is 0.101. The molecule has 0 radical (unpaired) electrons. The number of carbonyl (C=O) groups excluding carboxylic acids is 4. The maximum Gasteiger partial charge on any atom is 0.481 e. The number of thioether (sulfide) groups is 2. The zero-order valence-electron chi connectivity index (χ0n) is 43.1. The number of phosphoric acid groups is 3. The van der Waals surface area contributed by atoms with Crippen LogP contribution in [0, 0.1) is 5.41 Å². The second-order valence-corrected chi connectivity index (χ2v) is 24.6. The van der Waals surface area contributed by atoms with Crippen molar-refractivity contribution in [2.75, 3.05) is 43.5 Å². The molecule has 3 rings (SSSR count). The maximum atomic E-state index is 12.8. The van der Waals surface area contributed by atoms with E-state index in [1.807, 2.05) is 12.2 Å². The highest BCUT2D eigenvalue weighted by molar-refractivity contribution is 8.13. The van der Waals surface area contributed by atoms with E-state index in [2.05, 4.69) is 34.4 Å². The van der Waals surface area contributed by atoms with Crippen LogP contribution in [0.5, 0.6) is 0 Å². The molecular weight excluding hydrogens is 1170 g/mol. The quantitative estimate of drug-likeness (QED) is 0.0147. The first kappa shape index (κ1) is 69.7. The largest absolute Gasteiger partial charge is 0.481 e. The van der Waals surface area contributed by atoms with Crippen molar-refractivity contribution in [3.05, 3.63) is 61.3 Å². The lowest BCUT2D eigenvalue weighted by molar-refractivity contribution is -0.138. The Kier molecular flexibility index (Phi) is 29.2. The van der Waals surface area contributed by atoms with Crippen molar-refractivity contribution in [3.63, 3.8) is 0 Å². The van der Waals surface area contributed by atoms with Crippen LogP contribution in [0.3, 0.4) is 0 Å². The van der Waals surface area contributed by atoms with Gasteiger partial charge in [0.25, 0.3) is 0 Å². The molecule has 1 saturated heterocycles. The average molecular weight is 1230 g/mol. The first-order valence-corrected chi connectivity index (χ1v) is 30.7. The minimum Gasteiger partial charge on any atom is -0.481 e. The lowest BCUT2D eigenvalue weighted by atomic mass is 9.87. The zero-order valence-corrected chi connectivity index (χ0v) is 47.5. The number of nitrogens with one attached hydrogen (secondary N) is 2. The number of nitrogen functional groups attached to an aromatic ring is 1. The summed E-state index contributed by atoms with van der Waals surface area (Å²) in [5.41, 5.74) is 9.75. The molecule has 0 aromatic carbocycles. The molecule has 2 aromatic heterocycles. The number of imidazole rings is 1. The smallest absolute Gasteiger partial charge is 0.481 e. The lowest BCUT2D eigenvalue weighted by Gasteiger charge is -2.30. The number of Topliss-reactive ketones (excluding diaryl/α,β-unsaturated/α-hetero) is 1. The third-order valence-corrected chi connectivity index (χ3v) is 16.3. The normalized spacial score (nSPS) is 20.2. The average Bonchev–Trinajstić information content (AvgIpc) is 3.96. The molecule has 2 amide bonds. The Morgan fingerprint density at radius 3 is 2.30 bits per heavy atom. The zero-order chi connectivity index (χ0) is 59.8. The predicted molar refractivity (Wildman–Crippen MR) is 286 cm³/mol. The number of phosphoric ester groups is 3. The molecule has 0 bridgehead atoms. The number of allylic oxidation sites excluding steroid dienone is 7. The van der Waals surface area contributed by atoms with Gasteiger partial charge in [-0.2, -0.15) is 4.31 Å². The number of carboxylic acid groups (broad SMARTS) is 2. The molecule has 3 heterocycles. The Bertz CT molecular complexity index is 2690. The summed E-state index contributed by atoms with van der Waals surface area (Å²) in [5, 5.41) is 54.0. The molecular formula is C44H67N8O23P3S2. The van der Waals surface area contributed by atoms with Crippen LogP contribution in [0.15, 0.2) is 61.3 Å². The molecule has 10 atom stereocenters. The molecule has 0 spiro atoms. The minimum atomic E-state index is -5.62. The van der Waals surface area contributed by atoms with Gasteiger partial charge < -0.3 is 71.9 Å². The van der Waals surface area contributed by atoms with Gasteiger partial charge in [0, 0.05) is 54.5 Å². The van der Waals surface area contributed by atoms with Crippen LogP contribution in [-0.4, -0.2) is 179 Å². The van der Waals surface area contributed by atoms with Gasteiger partial charge in [-0.3, -0.25) is 46.9 Å². The summed E-state index contributed by atoms with van der Waals surface area (Å²) in [4.78, 5) is 123. The number of fused-ring (bicyclic) bond motifs is 1. The van der Waals surface area contributed by atoms with E-state index in [9.17, 15) is 77.4 Å². The number of aromatic nitrogens is 4. The summed E-state index contributed by atoms with van der Waals surface area (Å²) in [5.74, 6) is -3.86. The molecule has 80 heavy (non-hydrogen) atoms. The summed E-state index contributed by atoms with van der Waals surface area (Å²) in [6.07, 6.45) is 7.10. The summed E-state index contributed by atoms with van der Waals surface area (Å²) in [7, 11) is -16.5. The van der Waals surface area contributed by atoms with Crippen LogP contribution in [-0.2, 0) is 65.1 Å². The molecule has 1 aliphatic rings. The highest BCUT2D eigenvalue weighted by Crippen LogP contribution is 2.61. The van der Waals surface area contributed by atoms with Gasteiger partial charge in [0.05, 0.1) is 32.1 Å². The Morgan fingerprint density at radius 1 is 0.912 bits per heavy atom. The standard InChI is InChI=1S/C44H67N8O23P3S2/c1-44(2,24-72-78(69,70)75-77(67,68)71-22-30-37(74-76(64,65)66)36(59)42(73-30)52-26-51-35-39(46)49-25-50-40(35)52)38(60)41(61)48-18-17-32(55)47-19-20-79-34(58)21-27(53)13-10-8-6-4-3-5-7-9-11-15-31(80-23-28(45)43(62)63)29(54)14-12-16-33(56)57/h3,5-9,11,15,25-26,28-31,36-38,42,54,59-60H,4,10,12-14,16-24,45H2,1-2H3,(H,47,55)(H,48,61)(H,56,57)(H,62,63)(H,67,68)(H,69,70)(H2,46,49,50)(H2,64,65,66). The van der Waals surface area contributed by atoms with Gasteiger partial charge in [-0.05, 0) is 25.7 Å². The fraction of sp³-hybridized carbons (Fsp3) is 0.568. The van der Waals surface area contributed by atoms with Crippen LogP contribution in [0.2, 0.25) is 0 Å². The van der Waals surface area contributed by atoms with Crippen LogP contribution in [0.1, 0.15) is 71.4 Å². The van der Waals surface area contributed by atoms with Crippen molar-refractivity contribution < 1.29 is 110 Å². The number of aliphatic hydroxyl groups is 3. The number of rotatable bonds is 38. The topological polar surface area (TPSA) is 502 Å². The van der Waals surface area contributed by atoms with E-state index in [4.69, 9.17) is 35.5 Å². The Morgan fingerprint density at radius 2 is 1.61 bits per heavy atom. The SMILES string of the molecule is CC(C)(COP(=O)(O)OP(=O)(O)OCC1OC(n2cnc3c(N)ncnc32)C(O)C1OP(=O)(O)O)C(O)C(=O)NCCC(=O)NCCSC(=O)CC(=O)CCC=CCC=CC=CC=CC(SCC(N)C(=O)O)C(O)CCCC(=O)O. The number of hydrogen-bond donors (Lipinski definition) is 13. The third kappa shape index (κ3) is 25.7. The van der Waals surface area contributed by atoms with E-state index >= 15 is 0 Å². The molecule has 10 unspecified atom stereocenters. The van der Waals surface area contributed by atoms with Gasteiger partial charge in [-0.1, -0.05) is 74.2 Å². The molecule has 2 aromatic rings. The van der Waals surface area contributed by atoms with Gasteiger partial charge >= 0.3 is 35.4 Å². The monoisotopic (exact) mass is 1230 g/mol. The van der Waals surface area contributed by atoms with Crippen molar-refractivity contribution >= 4 is 98.6 Å². The van der Waals surface area contributed by atoms with Crippen molar-refractivity contribution in [1.29, 1.82) is 0 Å². The summed E-state index contributed by atoms with van der Waals surface area (Å²) in [6, 6.07) is -1.12. The predicted octanol–water partition coefficient (Wildman–Crippen LogP) is 1.15. The number of nitrogens with two attached hydrogens (primary N) is 2. The first-order valence-electron chi connectivity index (χ1n) is 24.1. The van der Waals surface area contributed by atoms with E-state index in [1.54, 1.807) is 36.5 Å². The molecule has 1 aliphatic heterocycles. The number of carbonyl (C=O) groups is 6. The van der Waals surface area contributed by atoms with Gasteiger partial charge in [-0.25, -0.2) is 28.6 Å². The molecule has 448 valence electrons. The van der Waals surface area contributed by atoms with Crippen molar-refractivity contribution in [2.45, 2.75) is 113 Å². The molecule has 36 heteroatoms. The van der Waals surface area contributed by atoms with E-state index in [0.717, 1.165) is 40.7 Å². The maximum absolute atomic E-state index is 12.8. The Labute approximate surface area is 466 Å². The number of ether oxygens (including phenoxy) is 1. The summed E-state index contributed by atoms with van der Waals surface area (Å²) >= 11 is 2.01. The number of carboxylic acids is 2. The van der Waals surface area contributed by atoms with E-state index in [1.165, 1.54) is 13.8 Å². The molecule has 0 aliphatic carbocycles. The lowest BCUT2D eigenvalue weighted by Crippen LogP contribution is -2.46. The number of hydrogen-bond acceptors (Lipinski definition) is 24. The first-order chi connectivity index (χ1) is 37.4. The van der Waals surface area contributed by atoms with E-state index < -0.39 is 119 Å². The number of aliphatic carboxylic acids is 2. The van der Waals surface area contributed by atoms with Crippen LogP contribution in [0.4, 0.5) is 5.82 Å². The molecule has 1 fully saturated rings. The number of nitrogens with zero attached hydrogens (tertiary/aromatic N) is 4. The highest BCUT2D eigenvalue weighted by atomic mass is 32.2. The summed E-state index contributed by atoms with van der Waals surface area (Å²) < 4.78 is 62.4. The van der Waals surface area contributed by atoms with Gasteiger partial charge in [-0.15, -0.1) is 11.8 Å². The van der Waals surface area contributed by atoms with Crippen molar-refractivity contribution in [3.8, 4) is 0 Å². The number of anilines is 1. The van der Waals surface area contributed by atoms with Crippen LogP contribution in [0.25, 0.3) is 11.2 Å². The van der Waals surface area contributed by atoms with Crippen LogP contribution >= 0.6 is 47.0 Å². The molecule has 31 nitrogen and oxygen atoms in total. The van der Waals surface area contributed by atoms with E-state index in [-0.39, 0.29) is 85.9 Å². The van der Waals surface area contributed by atoms with Crippen LogP contribution < -0.4 is 22.1 Å². The second kappa shape index (κ2) is 33.5. The number of aliphatic hydroxyl groups excluding tert-OH is 3. The second-order valence-electron chi connectivity index (χ2n) is 18.0. The number of amides is 2. The Balaban J connectivity index is 1.31. The van der Waals surface area contributed by atoms with E-state index in [0.29, 0.717) is 12.8 Å². The Hall–Kier alpha value is -4.60. The van der Waals surface area contributed by atoms with Crippen molar-refractivity contribution in [2.24, 2.45) is 11.1 Å². The fourth-order valence-electron chi connectivity index (χ4n) is 6.80. The molecule has 0 saturated carbocycles. The van der Waals surface area contributed by atoms with Gasteiger partial charge in [0.2, 0.25) is 11.8 Å².